The van der Waals surface area contributed by atoms with E-state index in [0.717, 1.165) is 17.0 Å². The summed E-state index contributed by atoms with van der Waals surface area (Å²) in [5.41, 5.74) is -0.0960. The molecule has 1 aromatic rings. The van der Waals surface area contributed by atoms with Gasteiger partial charge < -0.3 is 10.2 Å². The largest absolute Gasteiger partial charge is 0.344 e. The molecule has 0 saturated carbocycles. The normalized spacial score (nSPS) is 19.8. The first kappa shape index (κ1) is 14.4. The smallest absolute Gasteiger partial charge is 0.249 e. The van der Waals surface area contributed by atoms with Gasteiger partial charge in [0, 0.05) is 30.8 Å². The maximum Gasteiger partial charge on any atom is 0.249 e. The fourth-order valence-electron chi connectivity index (χ4n) is 2.07. The van der Waals surface area contributed by atoms with Crippen LogP contribution in [0.5, 0.6) is 0 Å². The van der Waals surface area contributed by atoms with Crippen LogP contribution in [-0.2, 0) is 9.59 Å². The molecule has 4 nitrogen and oxygen atoms in total. The highest BCUT2D eigenvalue weighted by molar-refractivity contribution is 6.01. The van der Waals surface area contributed by atoms with Crippen molar-refractivity contribution in [2.75, 3.05) is 11.4 Å². The molecule has 0 radical (unpaired) electrons. The SMILES string of the molecule is CCC1NC(=O)CCN(c2cc(F)c(F)c(F)c2)C1=O. The van der Waals surface area contributed by atoms with Crippen molar-refractivity contribution in [3.63, 3.8) is 0 Å². The van der Waals surface area contributed by atoms with E-state index in [4.69, 9.17) is 0 Å². The molecule has 1 saturated heterocycles. The minimum atomic E-state index is -1.59. The molecule has 1 unspecified atom stereocenters. The first-order chi connectivity index (χ1) is 9.43. The van der Waals surface area contributed by atoms with E-state index in [-0.39, 0.29) is 24.6 Å². The summed E-state index contributed by atoms with van der Waals surface area (Å²) < 4.78 is 39.4. The van der Waals surface area contributed by atoms with Gasteiger partial charge in [0.05, 0.1) is 0 Å². The molecule has 1 aliphatic heterocycles. The van der Waals surface area contributed by atoms with Crippen LogP contribution in [0.4, 0.5) is 18.9 Å². The molecule has 1 aromatic carbocycles. The van der Waals surface area contributed by atoms with Crippen molar-refractivity contribution in [2.24, 2.45) is 0 Å². The Kier molecular flexibility index (Phi) is 3.96. The minimum Gasteiger partial charge on any atom is -0.344 e. The number of anilines is 1. The van der Waals surface area contributed by atoms with Gasteiger partial charge in [-0.2, -0.15) is 0 Å². The molecule has 0 aromatic heterocycles. The average Bonchev–Trinajstić information content (AvgIpc) is 2.55. The third-order valence-corrected chi connectivity index (χ3v) is 3.15. The number of carbonyl (C=O) groups is 2. The van der Waals surface area contributed by atoms with Crippen molar-refractivity contribution >= 4 is 17.5 Å². The van der Waals surface area contributed by atoms with Gasteiger partial charge in [-0.1, -0.05) is 6.92 Å². The lowest BCUT2D eigenvalue weighted by Gasteiger charge is -2.23. The van der Waals surface area contributed by atoms with E-state index in [0.29, 0.717) is 6.42 Å². The highest BCUT2D eigenvalue weighted by Crippen LogP contribution is 2.23. The third-order valence-electron chi connectivity index (χ3n) is 3.15. The summed E-state index contributed by atoms with van der Waals surface area (Å²) in [6.45, 7) is 1.70. The Hall–Kier alpha value is -2.05. The van der Waals surface area contributed by atoms with E-state index in [2.05, 4.69) is 5.32 Å². The highest BCUT2D eigenvalue weighted by Gasteiger charge is 2.30. The molecule has 1 heterocycles. The number of hydrogen-bond donors (Lipinski definition) is 1. The quantitative estimate of drug-likeness (QED) is 0.842. The number of rotatable bonds is 2. The second-order valence-electron chi connectivity index (χ2n) is 4.49. The molecule has 1 aliphatic rings. The second-order valence-corrected chi connectivity index (χ2v) is 4.49. The predicted molar refractivity (Wildman–Crippen MR) is 65.5 cm³/mol. The zero-order valence-electron chi connectivity index (χ0n) is 10.8. The summed E-state index contributed by atoms with van der Waals surface area (Å²) in [6.07, 6.45) is 0.371. The Morgan fingerprint density at radius 3 is 2.40 bits per heavy atom. The van der Waals surface area contributed by atoms with Gasteiger partial charge in [-0.15, -0.1) is 0 Å². The number of hydrogen-bond acceptors (Lipinski definition) is 2. The summed E-state index contributed by atoms with van der Waals surface area (Å²) in [4.78, 5) is 24.8. The molecule has 7 heteroatoms. The first-order valence-electron chi connectivity index (χ1n) is 6.19. The maximum absolute atomic E-state index is 13.2. The Labute approximate surface area is 113 Å². The standard InChI is InChI=1S/C13H13F3N2O2/c1-2-10-13(20)18(4-3-11(19)17-10)7-5-8(14)12(16)9(15)6-7/h5-6,10H,2-4H2,1H3,(H,17,19). The van der Waals surface area contributed by atoms with Crippen LogP contribution in [0.25, 0.3) is 0 Å². The summed E-state index contributed by atoms with van der Waals surface area (Å²) in [5.74, 6) is -5.11. The summed E-state index contributed by atoms with van der Waals surface area (Å²) in [7, 11) is 0. The van der Waals surface area contributed by atoms with Crippen LogP contribution in [0.3, 0.4) is 0 Å². The average molecular weight is 286 g/mol. The maximum atomic E-state index is 13.2. The molecule has 0 spiro atoms. The third kappa shape index (κ3) is 2.61. The predicted octanol–water partition coefficient (Wildman–Crippen LogP) is 1.74. The van der Waals surface area contributed by atoms with Gasteiger partial charge in [-0.25, -0.2) is 13.2 Å². The van der Waals surface area contributed by atoms with Crippen molar-refractivity contribution < 1.29 is 22.8 Å². The van der Waals surface area contributed by atoms with Crippen LogP contribution < -0.4 is 10.2 Å². The fourth-order valence-corrected chi connectivity index (χ4v) is 2.07. The number of benzene rings is 1. The molecular weight excluding hydrogens is 273 g/mol. The molecule has 1 N–H and O–H groups in total. The minimum absolute atomic E-state index is 0.00825. The molecule has 0 aliphatic carbocycles. The second kappa shape index (κ2) is 5.52. The molecular formula is C13H13F3N2O2. The number of amides is 2. The van der Waals surface area contributed by atoms with Gasteiger partial charge in [0.2, 0.25) is 11.8 Å². The lowest BCUT2D eigenvalue weighted by Crippen LogP contribution is -2.44. The summed E-state index contributed by atoms with van der Waals surface area (Å²) in [6, 6.07) is 0.749. The molecule has 108 valence electrons. The lowest BCUT2D eigenvalue weighted by molar-refractivity contribution is -0.125. The van der Waals surface area contributed by atoms with E-state index in [1.165, 1.54) is 0 Å². The van der Waals surface area contributed by atoms with Crippen molar-refractivity contribution in [3.05, 3.63) is 29.6 Å². The first-order valence-corrected chi connectivity index (χ1v) is 6.19. The summed E-state index contributed by atoms with van der Waals surface area (Å²) in [5, 5.41) is 2.53. The molecule has 2 rings (SSSR count). The van der Waals surface area contributed by atoms with Crippen LogP contribution in [0.2, 0.25) is 0 Å². The van der Waals surface area contributed by atoms with Gasteiger partial charge in [-0.05, 0) is 6.42 Å². The molecule has 0 bridgehead atoms. The monoisotopic (exact) mass is 286 g/mol. The molecule has 20 heavy (non-hydrogen) atoms. The van der Waals surface area contributed by atoms with Crippen LogP contribution in [0, 0.1) is 17.5 Å². The summed E-state index contributed by atoms with van der Waals surface area (Å²) >= 11 is 0. The van der Waals surface area contributed by atoms with E-state index >= 15 is 0 Å². The fraction of sp³-hybridized carbons (Fsp3) is 0.385. The Morgan fingerprint density at radius 2 is 1.85 bits per heavy atom. The van der Waals surface area contributed by atoms with E-state index in [1.54, 1.807) is 6.92 Å². The van der Waals surface area contributed by atoms with Gasteiger partial charge in [0.15, 0.2) is 17.5 Å². The Morgan fingerprint density at radius 1 is 1.25 bits per heavy atom. The van der Waals surface area contributed by atoms with Gasteiger partial charge >= 0.3 is 0 Å². The van der Waals surface area contributed by atoms with Crippen LogP contribution in [0.15, 0.2) is 12.1 Å². The van der Waals surface area contributed by atoms with Crippen LogP contribution >= 0.6 is 0 Å². The topological polar surface area (TPSA) is 49.4 Å². The van der Waals surface area contributed by atoms with Crippen LogP contribution in [-0.4, -0.2) is 24.4 Å². The Balaban J connectivity index is 2.39. The van der Waals surface area contributed by atoms with Gasteiger partial charge in [0.25, 0.3) is 0 Å². The van der Waals surface area contributed by atoms with Crippen LogP contribution in [0.1, 0.15) is 19.8 Å². The van der Waals surface area contributed by atoms with E-state index < -0.39 is 29.4 Å². The van der Waals surface area contributed by atoms with Gasteiger partial charge in [0.1, 0.15) is 6.04 Å². The number of nitrogens with one attached hydrogen (secondary N) is 1. The van der Waals surface area contributed by atoms with Crippen molar-refractivity contribution in [3.8, 4) is 0 Å². The van der Waals surface area contributed by atoms with Gasteiger partial charge in [-0.3, -0.25) is 9.59 Å². The number of halogens is 3. The van der Waals surface area contributed by atoms with E-state index in [9.17, 15) is 22.8 Å². The van der Waals surface area contributed by atoms with Crippen molar-refractivity contribution in [1.29, 1.82) is 0 Å². The number of nitrogens with zero attached hydrogens (tertiary/aromatic N) is 1. The highest BCUT2D eigenvalue weighted by atomic mass is 19.2. The molecule has 1 fully saturated rings. The zero-order valence-corrected chi connectivity index (χ0v) is 10.8. The van der Waals surface area contributed by atoms with E-state index in [1.807, 2.05) is 0 Å². The Bertz CT molecular complexity index is 540. The zero-order chi connectivity index (χ0) is 14.9. The lowest BCUT2D eigenvalue weighted by atomic mass is 10.2. The molecule has 1 atom stereocenters. The molecule has 2 amide bonds. The number of carbonyl (C=O) groups excluding carboxylic acids is 2. The van der Waals surface area contributed by atoms with Crippen molar-refractivity contribution in [2.45, 2.75) is 25.8 Å². The van der Waals surface area contributed by atoms with Crippen molar-refractivity contribution in [1.82, 2.24) is 5.32 Å².